The molecule has 0 saturated heterocycles. The average Bonchev–Trinajstić information content (AvgIpc) is 2.82. The minimum Gasteiger partial charge on any atom is -0.490 e. The lowest BCUT2D eigenvalue weighted by atomic mass is 10.1. The van der Waals surface area contributed by atoms with Gasteiger partial charge in [-0.15, -0.1) is 0 Å². The summed E-state index contributed by atoms with van der Waals surface area (Å²) < 4.78 is 38.3. The molecule has 0 bridgehead atoms. The van der Waals surface area contributed by atoms with Gasteiger partial charge in [-0.1, -0.05) is 6.07 Å². The van der Waals surface area contributed by atoms with Gasteiger partial charge in [-0.05, 0) is 30.7 Å². The average molecular weight is 347 g/mol. The van der Waals surface area contributed by atoms with Gasteiger partial charge in [-0.3, -0.25) is 4.99 Å². The van der Waals surface area contributed by atoms with Gasteiger partial charge in [0.15, 0.2) is 17.5 Å². The fourth-order valence-corrected chi connectivity index (χ4v) is 2.49. The quantitative estimate of drug-likeness (QED) is 0.659. The Labute approximate surface area is 144 Å². The van der Waals surface area contributed by atoms with E-state index in [9.17, 15) is 8.78 Å². The van der Waals surface area contributed by atoms with Gasteiger partial charge in [0, 0.05) is 30.3 Å². The Bertz CT molecular complexity index is 761. The zero-order valence-electron chi connectivity index (χ0n) is 13.6. The van der Waals surface area contributed by atoms with Crippen LogP contribution in [0.25, 0.3) is 0 Å². The summed E-state index contributed by atoms with van der Waals surface area (Å²) in [5, 5.41) is 2.93. The second kappa shape index (κ2) is 7.83. The normalized spacial score (nSPS) is 14.1. The fourth-order valence-electron chi connectivity index (χ4n) is 2.49. The Hall–Kier alpha value is -2.83. The second-order valence-electron chi connectivity index (χ2n) is 5.55. The number of aliphatic imine (C=N–C) groups is 1. The smallest absolute Gasteiger partial charge is 0.193 e. The van der Waals surface area contributed by atoms with E-state index < -0.39 is 11.6 Å². The van der Waals surface area contributed by atoms with Crippen LogP contribution >= 0.6 is 0 Å². The van der Waals surface area contributed by atoms with Crippen molar-refractivity contribution in [2.45, 2.75) is 12.8 Å². The maximum Gasteiger partial charge on any atom is 0.193 e. The van der Waals surface area contributed by atoms with Gasteiger partial charge in [0.05, 0.1) is 13.2 Å². The summed E-state index contributed by atoms with van der Waals surface area (Å²) in [5.74, 6) is 0.331. The van der Waals surface area contributed by atoms with Crippen LogP contribution in [0, 0.1) is 11.6 Å². The molecule has 25 heavy (non-hydrogen) atoms. The number of anilines is 1. The van der Waals surface area contributed by atoms with Crippen molar-refractivity contribution < 1.29 is 18.3 Å². The first-order valence-corrected chi connectivity index (χ1v) is 8.03. The molecule has 3 rings (SSSR count). The standard InChI is InChI=1S/C18H19F2N3O2/c19-14-3-1-4-15(20)13(14)7-8-22-18(21)23-12-5-6-16-17(11-12)25-10-2-9-24-16/h1,3-6,11H,2,7-10H2,(H3,21,22,23). The van der Waals surface area contributed by atoms with Gasteiger partial charge >= 0.3 is 0 Å². The Balaban J connectivity index is 1.61. The van der Waals surface area contributed by atoms with Crippen molar-refractivity contribution in [3.8, 4) is 11.5 Å². The lowest BCUT2D eigenvalue weighted by Gasteiger charge is -2.11. The topological polar surface area (TPSA) is 68.9 Å². The molecule has 0 spiro atoms. The molecule has 2 aromatic rings. The van der Waals surface area contributed by atoms with Crippen LogP contribution in [0.1, 0.15) is 12.0 Å². The molecule has 7 heteroatoms. The Morgan fingerprint density at radius 3 is 2.56 bits per heavy atom. The van der Waals surface area contributed by atoms with E-state index in [4.69, 9.17) is 15.2 Å². The number of ether oxygens (including phenoxy) is 2. The fraction of sp³-hybridized carbons (Fsp3) is 0.278. The molecule has 0 amide bonds. The van der Waals surface area contributed by atoms with Crippen molar-refractivity contribution in [3.63, 3.8) is 0 Å². The van der Waals surface area contributed by atoms with Crippen LogP contribution in [0.2, 0.25) is 0 Å². The van der Waals surface area contributed by atoms with Crippen LogP contribution in [-0.4, -0.2) is 25.7 Å². The summed E-state index contributed by atoms with van der Waals surface area (Å²) in [7, 11) is 0. The highest BCUT2D eigenvalue weighted by Crippen LogP contribution is 2.32. The first-order valence-electron chi connectivity index (χ1n) is 8.03. The zero-order valence-corrected chi connectivity index (χ0v) is 13.6. The van der Waals surface area contributed by atoms with E-state index in [1.165, 1.54) is 18.2 Å². The number of rotatable bonds is 4. The Morgan fingerprint density at radius 1 is 1.08 bits per heavy atom. The van der Waals surface area contributed by atoms with Crippen molar-refractivity contribution in [2.75, 3.05) is 25.1 Å². The summed E-state index contributed by atoms with van der Waals surface area (Å²) >= 11 is 0. The van der Waals surface area contributed by atoms with Crippen molar-refractivity contribution in [3.05, 3.63) is 53.6 Å². The predicted molar refractivity (Wildman–Crippen MR) is 92.2 cm³/mol. The highest BCUT2D eigenvalue weighted by molar-refractivity contribution is 5.92. The van der Waals surface area contributed by atoms with Gasteiger partial charge in [0.2, 0.25) is 0 Å². The molecule has 2 aromatic carbocycles. The summed E-state index contributed by atoms with van der Waals surface area (Å²) in [6.45, 7) is 1.38. The molecule has 0 atom stereocenters. The molecule has 1 aliphatic heterocycles. The lowest BCUT2D eigenvalue weighted by Crippen LogP contribution is -2.23. The van der Waals surface area contributed by atoms with Gasteiger partial charge in [-0.25, -0.2) is 8.78 Å². The molecule has 0 saturated carbocycles. The Morgan fingerprint density at radius 2 is 1.80 bits per heavy atom. The van der Waals surface area contributed by atoms with Gasteiger partial charge < -0.3 is 20.5 Å². The molecule has 3 N–H and O–H groups in total. The molecule has 1 heterocycles. The van der Waals surface area contributed by atoms with Crippen molar-refractivity contribution in [1.82, 2.24) is 0 Å². The van der Waals surface area contributed by atoms with Crippen molar-refractivity contribution in [2.24, 2.45) is 10.7 Å². The number of guanidine groups is 1. The molecule has 0 radical (unpaired) electrons. The molecular weight excluding hydrogens is 328 g/mol. The minimum absolute atomic E-state index is 0.00892. The predicted octanol–water partition coefficient (Wildman–Crippen LogP) is 3.10. The molecular formula is C18H19F2N3O2. The minimum atomic E-state index is -0.579. The SMILES string of the molecule is NC(=NCCc1c(F)cccc1F)Nc1ccc2c(c1)OCCCO2. The first kappa shape index (κ1) is 17.0. The van der Waals surface area contributed by atoms with Crippen molar-refractivity contribution in [1.29, 1.82) is 0 Å². The van der Waals surface area contributed by atoms with Crippen LogP contribution in [-0.2, 0) is 6.42 Å². The molecule has 132 valence electrons. The number of halogens is 2. The summed E-state index contributed by atoms with van der Waals surface area (Å²) in [5.41, 5.74) is 6.54. The lowest BCUT2D eigenvalue weighted by molar-refractivity contribution is 0.297. The van der Waals surface area contributed by atoms with E-state index in [2.05, 4.69) is 10.3 Å². The van der Waals surface area contributed by atoms with Crippen LogP contribution in [0.5, 0.6) is 11.5 Å². The molecule has 0 aliphatic carbocycles. The summed E-state index contributed by atoms with van der Waals surface area (Å²) in [6.07, 6.45) is 0.954. The second-order valence-corrected chi connectivity index (χ2v) is 5.55. The third-order valence-electron chi connectivity index (χ3n) is 3.73. The number of fused-ring (bicyclic) bond motifs is 1. The van der Waals surface area contributed by atoms with Gasteiger partial charge in [-0.2, -0.15) is 0 Å². The summed E-state index contributed by atoms with van der Waals surface area (Å²) in [6, 6.07) is 9.15. The molecule has 0 fully saturated rings. The number of benzene rings is 2. The zero-order chi connectivity index (χ0) is 17.6. The van der Waals surface area contributed by atoms with Crippen LogP contribution in [0.3, 0.4) is 0 Å². The van der Waals surface area contributed by atoms with Gasteiger partial charge in [0.1, 0.15) is 11.6 Å². The number of hydrogen-bond donors (Lipinski definition) is 2. The number of nitrogens with one attached hydrogen (secondary N) is 1. The van der Waals surface area contributed by atoms with E-state index in [0.717, 1.165) is 6.42 Å². The van der Waals surface area contributed by atoms with E-state index >= 15 is 0 Å². The van der Waals surface area contributed by atoms with E-state index in [1.807, 2.05) is 0 Å². The molecule has 1 aliphatic rings. The summed E-state index contributed by atoms with van der Waals surface area (Å²) in [4.78, 5) is 4.11. The first-order chi connectivity index (χ1) is 12.1. The van der Waals surface area contributed by atoms with Crippen LogP contribution < -0.4 is 20.5 Å². The highest BCUT2D eigenvalue weighted by atomic mass is 19.1. The maximum atomic E-state index is 13.6. The van der Waals surface area contributed by atoms with Crippen LogP contribution in [0.4, 0.5) is 14.5 Å². The number of hydrogen-bond acceptors (Lipinski definition) is 3. The molecule has 0 unspecified atom stereocenters. The Kier molecular flexibility index (Phi) is 5.33. The maximum absolute atomic E-state index is 13.6. The monoisotopic (exact) mass is 347 g/mol. The van der Waals surface area contributed by atoms with E-state index in [0.29, 0.717) is 30.4 Å². The largest absolute Gasteiger partial charge is 0.490 e. The molecule has 5 nitrogen and oxygen atoms in total. The van der Waals surface area contributed by atoms with E-state index in [1.54, 1.807) is 18.2 Å². The van der Waals surface area contributed by atoms with Crippen LogP contribution in [0.15, 0.2) is 41.4 Å². The van der Waals surface area contributed by atoms with Gasteiger partial charge in [0.25, 0.3) is 0 Å². The number of nitrogens with two attached hydrogens (primary N) is 1. The molecule has 0 aromatic heterocycles. The van der Waals surface area contributed by atoms with Crippen molar-refractivity contribution >= 4 is 11.6 Å². The highest BCUT2D eigenvalue weighted by Gasteiger charge is 2.11. The number of nitrogens with zero attached hydrogens (tertiary/aromatic N) is 1. The third kappa shape index (κ3) is 4.37. The van der Waals surface area contributed by atoms with E-state index in [-0.39, 0.29) is 24.5 Å². The third-order valence-corrected chi connectivity index (χ3v) is 3.73.